The molecule has 1 aliphatic rings. The van der Waals surface area contributed by atoms with Crippen LogP contribution in [0.3, 0.4) is 0 Å². The molecule has 0 aliphatic heterocycles. The van der Waals surface area contributed by atoms with Gasteiger partial charge in [0.25, 0.3) is 0 Å². The second kappa shape index (κ2) is 10.4. The molecule has 31 heavy (non-hydrogen) atoms. The summed E-state index contributed by atoms with van der Waals surface area (Å²) in [5.41, 5.74) is 1.27. The quantitative estimate of drug-likeness (QED) is 0.367. The van der Waals surface area contributed by atoms with Gasteiger partial charge in [-0.15, -0.1) is 0 Å². The van der Waals surface area contributed by atoms with E-state index in [0.717, 1.165) is 43.5 Å². The lowest BCUT2D eigenvalue weighted by Gasteiger charge is -2.17. The van der Waals surface area contributed by atoms with E-state index in [2.05, 4.69) is 16.7 Å². The lowest BCUT2D eigenvalue weighted by atomic mass is 9.97. The fourth-order valence-electron chi connectivity index (χ4n) is 3.44. The Morgan fingerprint density at radius 2 is 1.81 bits per heavy atom. The molecule has 0 radical (unpaired) electrons. The number of furan rings is 1. The summed E-state index contributed by atoms with van der Waals surface area (Å²) < 4.78 is 44.5. The number of carbonyl (C=O) groups excluding carboxylic acids is 2. The van der Waals surface area contributed by atoms with Crippen molar-refractivity contribution in [1.82, 2.24) is 10.6 Å². The Labute approximate surface area is 180 Å². The number of nitrogens with one attached hydrogen (secondary N) is 2. The van der Waals surface area contributed by atoms with Crippen LogP contribution in [0.25, 0.3) is 0 Å². The Kier molecular flexibility index (Phi) is 7.62. The molecule has 0 spiro atoms. The van der Waals surface area contributed by atoms with Crippen LogP contribution >= 0.6 is 0 Å². The van der Waals surface area contributed by atoms with Gasteiger partial charge in [0.15, 0.2) is 9.84 Å². The third-order valence-electron chi connectivity index (χ3n) is 5.15. The van der Waals surface area contributed by atoms with Crippen LogP contribution in [0, 0.1) is 5.82 Å². The summed E-state index contributed by atoms with van der Waals surface area (Å²) in [6.07, 6.45) is 8.54. The molecule has 2 amide bonds. The van der Waals surface area contributed by atoms with Gasteiger partial charge in [0.05, 0.1) is 11.2 Å². The van der Waals surface area contributed by atoms with Crippen LogP contribution < -0.4 is 10.6 Å². The van der Waals surface area contributed by atoms with Gasteiger partial charge in [-0.1, -0.05) is 11.6 Å². The van der Waals surface area contributed by atoms with E-state index in [0.29, 0.717) is 13.0 Å². The zero-order valence-corrected chi connectivity index (χ0v) is 17.8. The summed E-state index contributed by atoms with van der Waals surface area (Å²) in [7, 11) is -4.01. The zero-order chi connectivity index (χ0) is 22.3. The number of amides is 2. The number of carbonyl (C=O) groups is 2. The Hall–Kier alpha value is -2.94. The SMILES string of the molecule is O=C(NCCC1=CCCCC1)C(=O)NCC(c1ccco1)S(=O)(=O)c1ccc(F)cc1. The molecule has 0 saturated heterocycles. The molecule has 2 N–H and O–H groups in total. The summed E-state index contributed by atoms with van der Waals surface area (Å²) in [5.74, 6) is -2.21. The zero-order valence-electron chi connectivity index (χ0n) is 17.0. The van der Waals surface area contributed by atoms with Gasteiger partial charge in [-0.2, -0.15) is 0 Å². The second-order valence-electron chi connectivity index (χ2n) is 7.33. The Balaban J connectivity index is 1.61. The molecular weight excluding hydrogens is 423 g/mol. The molecule has 9 heteroatoms. The van der Waals surface area contributed by atoms with E-state index in [1.165, 1.54) is 30.4 Å². The van der Waals surface area contributed by atoms with E-state index in [1.54, 1.807) is 0 Å². The maximum atomic E-state index is 13.2. The molecule has 166 valence electrons. The topological polar surface area (TPSA) is 105 Å². The first-order valence-electron chi connectivity index (χ1n) is 10.1. The van der Waals surface area contributed by atoms with Crippen molar-refractivity contribution in [2.75, 3.05) is 13.1 Å². The van der Waals surface area contributed by atoms with Gasteiger partial charge in [0.2, 0.25) is 0 Å². The summed E-state index contributed by atoms with van der Waals surface area (Å²) in [4.78, 5) is 24.2. The van der Waals surface area contributed by atoms with E-state index >= 15 is 0 Å². The highest BCUT2D eigenvalue weighted by molar-refractivity contribution is 7.91. The highest BCUT2D eigenvalue weighted by Crippen LogP contribution is 2.29. The van der Waals surface area contributed by atoms with Gasteiger partial charge in [0, 0.05) is 13.1 Å². The molecule has 7 nitrogen and oxygen atoms in total. The van der Waals surface area contributed by atoms with E-state index in [9.17, 15) is 22.4 Å². The summed E-state index contributed by atoms with van der Waals surface area (Å²) >= 11 is 0. The molecular formula is C22H25FN2O5S. The molecule has 2 aromatic rings. The predicted octanol–water partition coefficient (Wildman–Crippen LogP) is 3.06. The summed E-state index contributed by atoms with van der Waals surface area (Å²) in [6.45, 7) is -0.0296. The van der Waals surface area contributed by atoms with Gasteiger partial charge in [0.1, 0.15) is 16.8 Å². The average Bonchev–Trinajstić information content (AvgIpc) is 3.29. The van der Waals surface area contributed by atoms with Gasteiger partial charge in [-0.25, -0.2) is 12.8 Å². The van der Waals surface area contributed by atoms with Crippen molar-refractivity contribution >= 4 is 21.7 Å². The summed E-state index contributed by atoms with van der Waals surface area (Å²) in [6, 6.07) is 7.37. The maximum Gasteiger partial charge on any atom is 0.309 e. The first-order valence-corrected chi connectivity index (χ1v) is 11.7. The minimum absolute atomic E-state index is 0.106. The van der Waals surface area contributed by atoms with E-state index in [-0.39, 0.29) is 17.2 Å². The highest BCUT2D eigenvalue weighted by atomic mass is 32.2. The minimum Gasteiger partial charge on any atom is -0.468 e. The van der Waals surface area contributed by atoms with Gasteiger partial charge < -0.3 is 15.1 Å². The van der Waals surface area contributed by atoms with Gasteiger partial charge in [-0.05, 0) is 68.5 Å². The number of benzene rings is 1. The number of halogens is 1. The first-order chi connectivity index (χ1) is 14.9. The Morgan fingerprint density at radius 3 is 2.45 bits per heavy atom. The smallest absolute Gasteiger partial charge is 0.309 e. The first kappa shape index (κ1) is 22.7. The van der Waals surface area contributed by atoms with Crippen LogP contribution in [-0.2, 0) is 19.4 Å². The standard InChI is InChI=1S/C22H25FN2O5S/c23-17-8-10-18(11-9-17)31(28,29)20(19-7-4-14-30-19)15-25-22(27)21(26)24-13-12-16-5-2-1-3-6-16/h4-5,7-11,14,20H,1-3,6,12-13,15H2,(H,24,26)(H,25,27). The number of sulfone groups is 1. The lowest BCUT2D eigenvalue weighted by Crippen LogP contribution is -2.42. The minimum atomic E-state index is -4.01. The molecule has 1 aromatic heterocycles. The molecule has 1 aliphatic carbocycles. The van der Waals surface area contributed by atoms with Crippen molar-refractivity contribution in [3.05, 3.63) is 65.9 Å². The number of rotatable bonds is 8. The molecule has 1 unspecified atom stereocenters. The van der Waals surface area contributed by atoms with Crippen LogP contribution in [-0.4, -0.2) is 33.3 Å². The van der Waals surface area contributed by atoms with Gasteiger partial charge in [-0.3, -0.25) is 9.59 Å². The fourth-order valence-corrected chi connectivity index (χ4v) is 5.03. The van der Waals surface area contributed by atoms with Crippen LogP contribution in [0.5, 0.6) is 0 Å². The van der Waals surface area contributed by atoms with E-state index in [4.69, 9.17) is 4.42 Å². The number of hydrogen-bond acceptors (Lipinski definition) is 5. The molecule has 1 aromatic carbocycles. The predicted molar refractivity (Wildman–Crippen MR) is 112 cm³/mol. The van der Waals surface area contributed by atoms with Crippen molar-refractivity contribution < 1.29 is 26.8 Å². The van der Waals surface area contributed by atoms with Crippen LogP contribution in [0.2, 0.25) is 0 Å². The van der Waals surface area contributed by atoms with Crippen molar-refractivity contribution in [3.63, 3.8) is 0 Å². The fraction of sp³-hybridized carbons (Fsp3) is 0.364. The molecule has 3 rings (SSSR count). The Bertz CT molecular complexity index is 1030. The molecule has 1 heterocycles. The molecule has 0 saturated carbocycles. The van der Waals surface area contributed by atoms with Gasteiger partial charge >= 0.3 is 11.8 Å². The molecule has 1 atom stereocenters. The van der Waals surface area contributed by atoms with E-state index in [1.807, 2.05) is 0 Å². The number of allylic oxidation sites excluding steroid dienone is 1. The van der Waals surface area contributed by atoms with Crippen molar-refractivity contribution in [2.24, 2.45) is 0 Å². The van der Waals surface area contributed by atoms with E-state index < -0.39 is 32.7 Å². The Morgan fingerprint density at radius 1 is 1.06 bits per heavy atom. The third-order valence-corrected chi connectivity index (χ3v) is 7.23. The highest BCUT2D eigenvalue weighted by Gasteiger charge is 2.32. The normalized spacial score (nSPS) is 15.1. The lowest BCUT2D eigenvalue weighted by molar-refractivity contribution is -0.139. The average molecular weight is 449 g/mol. The number of hydrogen-bond donors (Lipinski definition) is 2. The van der Waals surface area contributed by atoms with Crippen LogP contribution in [0.15, 0.2) is 63.6 Å². The molecule has 0 fully saturated rings. The second-order valence-corrected chi connectivity index (χ2v) is 9.46. The van der Waals surface area contributed by atoms with Crippen molar-refractivity contribution in [2.45, 2.75) is 42.2 Å². The van der Waals surface area contributed by atoms with Crippen molar-refractivity contribution in [3.8, 4) is 0 Å². The van der Waals surface area contributed by atoms with Crippen LogP contribution in [0.4, 0.5) is 4.39 Å². The maximum absolute atomic E-state index is 13.2. The van der Waals surface area contributed by atoms with Crippen LogP contribution in [0.1, 0.15) is 43.1 Å². The monoisotopic (exact) mass is 448 g/mol. The van der Waals surface area contributed by atoms with Crippen molar-refractivity contribution in [1.29, 1.82) is 0 Å². The molecule has 0 bridgehead atoms. The summed E-state index contributed by atoms with van der Waals surface area (Å²) in [5, 5.41) is 3.66. The largest absolute Gasteiger partial charge is 0.468 e. The third kappa shape index (κ3) is 6.04.